The highest BCUT2D eigenvalue weighted by Crippen LogP contribution is 2.32. The van der Waals surface area contributed by atoms with Crippen molar-refractivity contribution in [3.05, 3.63) is 41.1 Å². The first-order valence-electron chi connectivity index (χ1n) is 7.47. The molecule has 0 aliphatic carbocycles. The van der Waals surface area contributed by atoms with Gasteiger partial charge in [-0.05, 0) is 17.4 Å². The van der Waals surface area contributed by atoms with E-state index in [1.807, 2.05) is 6.20 Å². The standard InChI is InChI=1S/C16H17N5S/c1-10(2)5-14-17-6-11-7-21(8-13(11)20-14)15-12-3-4-22-16(12)19-9-18-15/h3-4,6,9-10H,5,7-8H2,1-2H3. The first kappa shape index (κ1) is 13.6. The van der Waals surface area contributed by atoms with Crippen LogP contribution in [-0.2, 0) is 19.5 Å². The minimum Gasteiger partial charge on any atom is -0.346 e. The molecule has 0 saturated carbocycles. The van der Waals surface area contributed by atoms with Crippen molar-refractivity contribution < 1.29 is 0 Å². The summed E-state index contributed by atoms with van der Waals surface area (Å²) in [6.07, 6.45) is 4.55. The zero-order chi connectivity index (χ0) is 15.1. The van der Waals surface area contributed by atoms with E-state index in [-0.39, 0.29) is 0 Å². The van der Waals surface area contributed by atoms with Crippen LogP contribution in [0.4, 0.5) is 5.82 Å². The molecule has 0 atom stereocenters. The third-order valence-corrected chi connectivity index (χ3v) is 4.66. The second-order valence-electron chi connectivity index (χ2n) is 6.05. The molecule has 3 aromatic rings. The third kappa shape index (κ3) is 2.33. The molecule has 0 aromatic carbocycles. The topological polar surface area (TPSA) is 54.8 Å². The first-order chi connectivity index (χ1) is 10.7. The van der Waals surface area contributed by atoms with Crippen LogP contribution >= 0.6 is 11.3 Å². The predicted octanol–water partition coefficient (Wildman–Crippen LogP) is 3.20. The Morgan fingerprint density at radius 1 is 1.23 bits per heavy atom. The molecule has 0 N–H and O–H groups in total. The summed E-state index contributed by atoms with van der Waals surface area (Å²) in [5.74, 6) is 2.51. The van der Waals surface area contributed by atoms with E-state index in [9.17, 15) is 0 Å². The Balaban J connectivity index is 1.65. The van der Waals surface area contributed by atoms with Gasteiger partial charge in [0.1, 0.15) is 22.8 Å². The molecule has 0 bridgehead atoms. The van der Waals surface area contributed by atoms with Gasteiger partial charge < -0.3 is 4.90 Å². The number of thiophene rings is 1. The van der Waals surface area contributed by atoms with Crippen LogP contribution in [0.25, 0.3) is 10.2 Å². The molecule has 0 fully saturated rings. The van der Waals surface area contributed by atoms with E-state index in [0.29, 0.717) is 5.92 Å². The van der Waals surface area contributed by atoms with Crippen molar-refractivity contribution in [3.8, 4) is 0 Å². The molecular weight excluding hydrogens is 294 g/mol. The van der Waals surface area contributed by atoms with E-state index in [4.69, 9.17) is 4.98 Å². The fraction of sp³-hybridized carbons (Fsp3) is 0.375. The Kier molecular flexibility index (Phi) is 3.26. The maximum Gasteiger partial charge on any atom is 0.141 e. The van der Waals surface area contributed by atoms with Crippen molar-refractivity contribution in [3.63, 3.8) is 0 Å². The first-order valence-corrected chi connectivity index (χ1v) is 8.35. The highest BCUT2D eigenvalue weighted by molar-refractivity contribution is 7.16. The summed E-state index contributed by atoms with van der Waals surface area (Å²) < 4.78 is 0. The minimum atomic E-state index is 0.572. The lowest BCUT2D eigenvalue weighted by Gasteiger charge is -2.16. The van der Waals surface area contributed by atoms with E-state index in [1.165, 1.54) is 5.56 Å². The molecule has 0 spiro atoms. The molecule has 3 aromatic heterocycles. The second kappa shape index (κ2) is 5.28. The number of hydrogen-bond acceptors (Lipinski definition) is 6. The lowest BCUT2D eigenvalue weighted by atomic mass is 10.1. The Morgan fingerprint density at radius 3 is 3.00 bits per heavy atom. The monoisotopic (exact) mass is 311 g/mol. The van der Waals surface area contributed by atoms with Gasteiger partial charge in [-0.15, -0.1) is 11.3 Å². The smallest absolute Gasteiger partial charge is 0.141 e. The van der Waals surface area contributed by atoms with Crippen LogP contribution < -0.4 is 4.90 Å². The van der Waals surface area contributed by atoms with Crippen molar-refractivity contribution in [2.24, 2.45) is 5.92 Å². The van der Waals surface area contributed by atoms with E-state index < -0.39 is 0 Å². The summed E-state index contributed by atoms with van der Waals surface area (Å²) in [5, 5.41) is 3.18. The number of rotatable bonds is 3. The van der Waals surface area contributed by atoms with Crippen LogP contribution in [0.15, 0.2) is 24.0 Å². The largest absolute Gasteiger partial charge is 0.346 e. The zero-order valence-corrected chi connectivity index (χ0v) is 13.5. The lowest BCUT2D eigenvalue weighted by Crippen LogP contribution is -2.16. The zero-order valence-electron chi connectivity index (χ0n) is 12.7. The number of aromatic nitrogens is 4. The number of anilines is 1. The van der Waals surface area contributed by atoms with Crippen molar-refractivity contribution in [2.75, 3.05) is 4.90 Å². The molecule has 112 valence electrons. The fourth-order valence-corrected chi connectivity index (χ4v) is 3.56. The number of hydrogen-bond donors (Lipinski definition) is 0. The SMILES string of the molecule is CC(C)Cc1ncc2c(n1)CN(c1ncnc3sccc13)C2. The van der Waals surface area contributed by atoms with Gasteiger partial charge in [0, 0.05) is 24.7 Å². The molecule has 1 aliphatic heterocycles. The summed E-state index contributed by atoms with van der Waals surface area (Å²) in [6.45, 7) is 6.00. The molecule has 4 rings (SSSR count). The molecule has 0 saturated heterocycles. The quantitative estimate of drug-likeness (QED) is 0.743. The molecule has 6 heteroatoms. The van der Waals surface area contributed by atoms with E-state index in [1.54, 1.807) is 17.7 Å². The van der Waals surface area contributed by atoms with Crippen molar-refractivity contribution in [2.45, 2.75) is 33.4 Å². The summed E-state index contributed by atoms with van der Waals surface area (Å²) in [6, 6.07) is 2.09. The van der Waals surface area contributed by atoms with Gasteiger partial charge in [-0.2, -0.15) is 0 Å². The molecule has 22 heavy (non-hydrogen) atoms. The van der Waals surface area contributed by atoms with Gasteiger partial charge in [-0.25, -0.2) is 19.9 Å². The number of fused-ring (bicyclic) bond motifs is 2. The number of nitrogens with zero attached hydrogens (tertiary/aromatic N) is 5. The van der Waals surface area contributed by atoms with Crippen molar-refractivity contribution in [1.29, 1.82) is 0 Å². The summed E-state index contributed by atoms with van der Waals surface area (Å²) in [5.41, 5.74) is 2.34. The third-order valence-electron chi connectivity index (χ3n) is 3.84. The Labute approximate surface area is 133 Å². The molecule has 4 heterocycles. The average Bonchev–Trinajstić information content (AvgIpc) is 3.11. The Bertz CT molecular complexity index is 826. The van der Waals surface area contributed by atoms with E-state index >= 15 is 0 Å². The molecule has 0 radical (unpaired) electrons. The molecular formula is C16H17N5S. The normalized spacial score (nSPS) is 14.0. The lowest BCUT2D eigenvalue weighted by molar-refractivity contribution is 0.617. The van der Waals surface area contributed by atoms with Gasteiger partial charge in [-0.1, -0.05) is 13.8 Å². The van der Waals surface area contributed by atoms with Gasteiger partial charge in [0.15, 0.2) is 0 Å². The highest BCUT2D eigenvalue weighted by atomic mass is 32.1. The average molecular weight is 311 g/mol. The Morgan fingerprint density at radius 2 is 2.14 bits per heavy atom. The van der Waals surface area contributed by atoms with Crippen LogP contribution in [0, 0.1) is 5.92 Å². The van der Waals surface area contributed by atoms with Crippen LogP contribution in [0.1, 0.15) is 30.9 Å². The minimum absolute atomic E-state index is 0.572. The van der Waals surface area contributed by atoms with Crippen molar-refractivity contribution >= 4 is 27.4 Å². The summed E-state index contributed by atoms with van der Waals surface area (Å²) in [4.78, 5) is 21.3. The summed E-state index contributed by atoms with van der Waals surface area (Å²) >= 11 is 1.65. The van der Waals surface area contributed by atoms with E-state index in [2.05, 4.69) is 45.1 Å². The molecule has 1 aliphatic rings. The highest BCUT2D eigenvalue weighted by Gasteiger charge is 2.24. The maximum atomic E-state index is 4.74. The maximum absolute atomic E-state index is 4.74. The van der Waals surface area contributed by atoms with Gasteiger partial charge in [0.25, 0.3) is 0 Å². The van der Waals surface area contributed by atoms with Crippen LogP contribution in [0.5, 0.6) is 0 Å². The van der Waals surface area contributed by atoms with Gasteiger partial charge >= 0.3 is 0 Å². The van der Waals surface area contributed by atoms with Gasteiger partial charge in [0.2, 0.25) is 0 Å². The summed E-state index contributed by atoms with van der Waals surface area (Å²) in [7, 11) is 0. The second-order valence-corrected chi connectivity index (χ2v) is 6.94. The molecule has 5 nitrogen and oxygen atoms in total. The van der Waals surface area contributed by atoms with Crippen LogP contribution in [-0.4, -0.2) is 19.9 Å². The fourth-order valence-electron chi connectivity index (χ4n) is 2.84. The van der Waals surface area contributed by atoms with Gasteiger partial charge in [0.05, 0.1) is 17.6 Å². The molecule has 0 unspecified atom stereocenters. The van der Waals surface area contributed by atoms with Crippen LogP contribution in [0.3, 0.4) is 0 Å². The van der Waals surface area contributed by atoms with Crippen molar-refractivity contribution in [1.82, 2.24) is 19.9 Å². The van der Waals surface area contributed by atoms with E-state index in [0.717, 1.165) is 47.1 Å². The van der Waals surface area contributed by atoms with Gasteiger partial charge in [-0.3, -0.25) is 0 Å². The predicted molar refractivity (Wildman–Crippen MR) is 87.9 cm³/mol. The molecule has 0 amide bonds. The van der Waals surface area contributed by atoms with Crippen LogP contribution in [0.2, 0.25) is 0 Å². The Hall–Kier alpha value is -2.08.